The van der Waals surface area contributed by atoms with E-state index in [1.54, 1.807) is 30.5 Å². The van der Waals surface area contributed by atoms with Crippen LogP contribution in [0.15, 0.2) is 66.9 Å². The van der Waals surface area contributed by atoms with E-state index in [2.05, 4.69) is 5.10 Å². The van der Waals surface area contributed by atoms with Crippen LogP contribution < -0.4 is 4.74 Å². The highest BCUT2D eigenvalue weighted by atomic mass is 16.5. The molecule has 0 N–H and O–H groups in total. The summed E-state index contributed by atoms with van der Waals surface area (Å²) in [5, 5.41) is 4.21. The summed E-state index contributed by atoms with van der Waals surface area (Å²) in [6, 6.07) is 17.9. The molecule has 0 bridgehead atoms. The summed E-state index contributed by atoms with van der Waals surface area (Å²) in [6.07, 6.45) is 1.59. The number of ether oxygens (including phenoxy) is 2. The molecule has 1 heterocycles. The lowest BCUT2D eigenvalue weighted by Crippen LogP contribution is -2.15. The van der Waals surface area contributed by atoms with Crippen molar-refractivity contribution in [3.63, 3.8) is 0 Å². The molecule has 0 unspecified atom stereocenters. The number of aromatic nitrogens is 2. The van der Waals surface area contributed by atoms with E-state index in [0.29, 0.717) is 5.56 Å². The Morgan fingerprint density at radius 3 is 2.28 bits per heavy atom. The predicted octanol–water partition coefficient (Wildman–Crippen LogP) is 2.92. The van der Waals surface area contributed by atoms with E-state index in [1.165, 1.54) is 11.8 Å². The summed E-state index contributed by atoms with van der Waals surface area (Å²) in [5.74, 6) is -0.716. The first kappa shape index (κ1) is 16.4. The number of methoxy groups -OCH3 is 1. The van der Waals surface area contributed by atoms with Gasteiger partial charge in [0.05, 0.1) is 19.0 Å². The Labute approximate surface area is 144 Å². The van der Waals surface area contributed by atoms with Gasteiger partial charge in [0, 0.05) is 5.56 Å². The molecule has 0 aliphatic rings. The average molecular weight is 336 g/mol. The minimum atomic E-state index is -0.712. The van der Waals surface area contributed by atoms with Gasteiger partial charge in [-0.15, -0.1) is 0 Å². The molecule has 0 atom stereocenters. The molecule has 3 rings (SSSR count). The van der Waals surface area contributed by atoms with E-state index in [9.17, 15) is 9.59 Å². The van der Waals surface area contributed by atoms with E-state index >= 15 is 0 Å². The zero-order valence-electron chi connectivity index (χ0n) is 13.6. The van der Waals surface area contributed by atoms with E-state index in [4.69, 9.17) is 9.47 Å². The molecular weight excluding hydrogens is 320 g/mol. The lowest BCUT2D eigenvalue weighted by atomic mass is 10.1. The van der Waals surface area contributed by atoms with Crippen LogP contribution in [-0.4, -0.2) is 35.2 Å². The van der Waals surface area contributed by atoms with Crippen LogP contribution in [0.3, 0.4) is 0 Å². The summed E-state index contributed by atoms with van der Waals surface area (Å²) in [7, 11) is 1.44. The third kappa shape index (κ3) is 3.74. The smallest absolute Gasteiger partial charge is 0.363 e. The molecule has 6 nitrogen and oxygen atoms in total. The lowest BCUT2D eigenvalue weighted by Gasteiger charge is -2.04. The Morgan fingerprint density at radius 2 is 1.64 bits per heavy atom. The molecule has 25 heavy (non-hydrogen) atoms. The van der Waals surface area contributed by atoms with Crippen molar-refractivity contribution in [3.8, 4) is 11.4 Å². The van der Waals surface area contributed by atoms with Crippen molar-refractivity contribution in [1.29, 1.82) is 0 Å². The number of carbonyl (C=O) groups excluding carboxylic acids is 2. The van der Waals surface area contributed by atoms with Crippen molar-refractivity contribution < 1.29 is 19.1 Å². The Hall–Kier alpha value is -3.41. The summed E-state index contributed by atoms with van der Waals surface area (Å²) >= 11 is 0. The van der Waals surface area contributed by atoms with Gasteiger partial charge >= 0.3 is 5.97 Å². The Balaban J connectivity index is 1.74. The third-order valence-electron chi connectivity index (χ3n) is 3.54. The molecule has 6 heteroatoms. The van der Waals surface area contributed by atoms with Crippen molar-refractivity contribution in [2.45, 2.75) is 0 Å². The van der Waals surface area contributed by atoms with Crippen molar-refractivity contribution in [2.24, 2.45) is 0 Å². The van der Waals surface area contributed by atoms with Crippen LogP contribution in [0.25, 0.3) is 5.69 Å². The minimum absolute atomic E-state index is 0.0206. The normalized spacial score (nSPS) is 10.3. The number of ketones is 1. The predicted molar refractivity (Wildman–Crippen MR) is 91.2 cm³/mol. The van der Waals surface area contributed by atoms with Gasteiger partial charge in [-0.25, -0.2) is 9.48 Å². The minimum Gasteiger partial charge on any atom is -0.493 e. The largest absolute Gasteiger partial charge is 0.493 e. The SMILES string of the molecule is COc1cn(-c2ccccc2)nc1C(=O)OCC(=O)c1ccccc1. The number of carbonyl (C=O) groups is 2. The van der Waals surface area contributed by atoms with Gasteiger partial charge in [0.15, 0.2) is 18.1 Å². The maximum absolute atomic E-state index is 12.3. The van der Waals surface area contributed by atoms with Crippen LogP contribution in [-0.2, 0) is 4.74 Å². The topological polar surface area (TPSA) is 70.4 Å². The van der Waals surface area contributed by atoms with Gasteiger partial charge in [-0.1, -0.05) is 48.5 Å². The number of benzene rings is 2. The molecule has 0 spiro atoms. The molecule has 0 aliphatic heterocycles. The van der Waals surface area contributed by atoms with Gasteiger partial charge in [0.2, 0.25) is 5.69 Å². The second-order valence-corrected chi connectivity index (χ2v) is 5.19. The maximum atomic E-state index is 12.3. The molecule has 0 radical (unpaired) electrons. The summed E-state index contributed by atoms with van der Waals surface area (Å²) < 4.78 is 11.8. The Bertz CT molecular complexity index is 873. The van der Waals surface area contributed by atoms with Gasteiger partial charge < -0.3 is 9.47 Å². The zero-order chi connectivity index (χ0) is 17.6. The number of hydrogen-bond acceptors (Lipinski definition) is 5. The van der Waals surface area contributed by atoms with Crippen LogP contribution in [0.5, 0.6) is 5.75 Å². The van der Waals surface area contributed by atoms with Gasteiger partial charge in [-0.05, 0) is 12.1 Å². The third-order valence-corrected chi connectivity index (χ3v) is 3.54. The van der Waals surface area contributed by atoms with Crippen LogP contribution >= 0.6 is 0 Å². The second-order valence-electron chi connectivity index (χ2n) is 5.19. The van der Waals surface area contributed by atoms with E-state index in [-0.39, 0.29) is 23.8 Å². The van der Waals surface area contributed by atoms with E-state index in [0.717, 1.165) is 5.69 Å². The molecule has 0 saturated heterocycles. The molecule has 0 amide bonds. The van der Waals surface area contributed by atoms with Crippen LogP contribution in [0.1, 0.15) is 20.8 Å². The van der Waals surface area contributed by atoms with Crippen LogP contribution in [0.2, 0.25) is 0 Å². The van der Waals surface area contributed by atoms with Gasteiger partial charge in [-0.2, -0.15) is 5.10 Å². The molecule has 1 aromatic heterocycles. The second kappa shape index (κ2) is 7.44. The highest BCUT2D eigenvalue weighted by molar-refractivity contribution is 5.99. The van der Waals surface area contributed by atoms with Gasteiger partial charge in [0.25, 0.3) is 0 Å². The molecule has 0 fully saturated rings. The number of esters is 1. The fourth-order valence-electron chi connectivity index (χ4n) is 2.27. The molecule has 2 aromatic carbocycles. The highest BCUT2D eigenvalue weighted by Crippen LogP contribution is 2.20. The van der Waals surface area contributed by atoms with E-state index in [1.807, 2.05) is 36.4 Å². The number of para-hydroxylation sites is 1. The van der Waals surface area contributed by atoms with Crippen molar-refractivity contribution >= 4 is 11.8 Å². The first-order valence-corrected chi connectivity index (χ1v) is 7.63. The maximum Gasteiger partial charge on any atom is 0.363 e. The quantitative estimate of drug-likeness (QED) is 0.511. The molecule has 126 valence electrons. The summed E-state index contributed by atoms with van der Waals surface area (Å²) in [6.45, 7) is -0.357. The Kier molecular flexibility index (Phi) is 4.89. The number of nitrogens with zero attached hydrogens (tertiary/aromatic N) is 2. The van der Waals surface area contributed by atoms with Gasteiger partial charge in [0.1, 0.15) is 0 Å². The molecular formula is C19H16N2O4. The zero-order valence-corrected chi connectivity index (χ0v) is 13.6. The van der Waals surface area contributed by atoms with Crippen molar-refractivity contribution in [2.75, 3.05) is 13.7 Å². The first-order chi connectivity index (χ1) is 12.2. The molecule has 0 aliphatic carbocycles. The fourth-order valence-corrected chi connectivity index (χ4v) is 2.27. The summed E-state index contributed by atoms with van der Waals surface area (Å²) in [5.41, 5.74) is 1.28. The van der Waals surface area contributed by atoms with E-state index < -0.39 is 5.97 Å². The average Bonchev–Trinajstić information content (AvgIpc) is 3.12. The van der Waals surface area contributed by atoms with Crippen LogP contribution in [0, 0.1) is 0 Å². The number of hydrogen-bond donors (Lipinski definition) is 0. The number of Topliss-reactive ketones (excluding diaryl/α,β-unsaturated/α-hetero) is 1. The first-order valence-electron chi connectivity index (χ1n) is 7.63. The molecule has 0 saturated carbocycles. The standard InChI is InChI=1S/C19H16N2O4/c1-24-17-12-21(15-10-6-3-7-11-15)20-18(17)19(23)25-13-16(22)14-8-4-2-5-9-14/h2-12H,13H2,1H3. The Morgan fingerprint density at radius 1 is 1.00 bits per heavy atom. The highest BCUT2D eigenvalue weighted by Gasteiger charge is 2.21. The monoisotopic (exact) mass is 336 g/mol. The van der Waals surface area contributed by atoms with Crippen molar-refractivity contribution in [3.05, 3.63) is 78.1 Å². The van der Waals surface area contributed by atoms with Gasteiger partial charge in [-0.3, -0.25) is 4.79 Å². The lowest BCUT2D eigenvalue weighted by molar-refractivity contribution is 0.0465. The fraction of sp³-hybridized carbons (Fsp3) is 0.105. The summed E-state index contributed by atoms with van der Waals surface area (Å²) in [4.78, 5) is 24.3. The van der Waals surface area contributed by atoms with Crippen molar-refractivity contribution in [1.82, 2.24) is 9.78 Å². The molecule has 3 aromatic rings. The number of rotatable bonds is 6. The van der Waals surface area contributed by atoms with Crippen LogP contribution in [0.4, 0.5) is 0 Å².